The molecule has 0 fully saturated rings. The molecule has 1 aliphatic rings. The topological polar surface area (TPSA) is 21.6 Å². The summed E-state index contributed by atoms with van der Waals surface area (Å²) in [5.74, 6) is 1.20. The Morgan fingerprint density at radius 3 is 1.93 bits per heavy atom. The molecule has 6 aromatic rings. The lowest BCUT2D eigenvalue weighted by atomic mass is 9.92. The van der Waals surface area contributed by atoms with Crippen LogP contribution >= 0.6 is 7.92 Å². The number of ether oxygens (including phenoxy) is 1. The van der Waals surface area contributed by atoms with Gasteiger partial charge in [-0.1, -0.05) is 135 Å². The van der Waals surface area contributed by atoms with Gasteiger partial charge in [0.2, 0.25) is 5.90 Å². The maximum absolute atomic E-state index is 6.21. The lowest BCUT2D eigenvalue weighted by Crippen LogP contribution is -2.22. The number of fused-ring (bicyclic) bond motifs is 2. The van der Waals surface area contributed by atoms with Crippen molar-refractivity contribution in [1.82, 2.24) is 0 Å². The van der Waals surface area contributed by atoms with E-state index in [0.29, 0.717) is 12.5 Å². The van der Waals surface area contributed by atoms with E-state index < -0.39 is 7.92 Å². The lowest BCUT2D eigenvalue weighted by molar-refractivity contribution is 0.292. The summed E-state index contributed by atoms with van der Waals surface area (Å²) < 4.78 is 6.21. The molecule has 0 spiro atoms. The third-order valence-corrected chi connectivity index (χ3v) is 10.5. The van der Waals surface area contributed by atoms with Gasteiger partial charge in [0, 0.05) is 5.56 Å². The van der Waals surface area contributed by atoms with Crippen LogP contribution in [0.1, 0.15) is 19.4 Å². The average Bonchev–Trinajstić information content (AvgIpc) is 3.53. The molecule has 0 saturated heterocycles. The Bertz CT molecular complexity index is 1840. The molecular formula is C38H32NOP. The van der Waals surface area contributed by atoms with Crippen molar-refractivity contribution in [2.45, 2.75) is 19.9 Å². The van der Waals surface area contributed by atoms with E-state index in [1.165, 1.54) is 48.6 Å². The van der Waals surface area contributed by atoms with Crippen LogP contribution in [0.5, 0.6) is 0 Å². The van der Waals surface area contributed by atoms with E-state index in [1.807, 2.05) is 0 Å². The van der Waals surface area contributed by atoms with Crippen molar-refractivity contribution >= 4 is 51.3 Å². The third-order valence-electron chi connectivity index (χ3n) is 8.00. The molecule has 2 nitrogen and oxygen atoms in total. The molecule has 0 bridgehead atoms. The number of rotatable bonds is 6. The fraction of sp³-hybridized carbons (Fsp3) is 0.132. The predicted molar refractivity (Wildman–Crippen MR) is 177 cm³/mol. The first-order valence-corrected chi connectivity index (χ1v) is 15.7. The monoisotopic (exact) mass is 549 g/mol. The second kappa shape index (κ2) is 11.0. The number of benzene rings is 6. The third kappa shape index (κ3) is 4.83. The molecule has 0 saturated carbocycles. The summed E-state index contributed by atoms with van der Waals surface area (Å²) in [6, 6.07) is 48.9. The molecule has 7 rings (SSSR count). The Balaban J connectivity index is 1.55. The molecule has 41 heavy (non-hydrogen) atoms. The smallest absolute Gasteiger partial charge is 0.216 e. The Morgan fingerprint density at radius 2 is 1.27 bits per heavy atom. The van der Waals surface area contributed by atoms with Crippen LogP contribution in [0.4, 0.5) is 0 Å². The zero-order chi connectivity index (χ0) is 27.8. The minimum Gasteiger partial charge on any atom is -0.475 e. The molecule has 0 N–H and O–H groups in total. The maximum atomic E-state index is 6.21. The summed E-state index contributed by atoms with van der Waals surface area (Å²) in [6.45, 7) is 5.07. The van der Waals surface area contributed by atoms with E-state index in [4.69, 9.17) is 9.73 Å². The highest BCUT2D eigenvalue weighted by Crippen LogP contribution is 2.42. The van der Waals surface area contributed by atoms with Crippen LogP contribution in [0.15, 0.2) is 138 Å². The molecule has 200 valence electrons. The van der Waals surface area contributed by atoms with E-state index in [1.54, 1.807) is 0 Å². The molecule has 6 aromatic carbocycles. The summed E-state index contributed by atoms with van der Waals surface area (Å²) in [5, 5.41) is 8.98. The van der Waals surface area contributed by atoms with E-state index >= 15 is 0 Å². The molecule has 0 amide bonds. The van der Waals surface area contributed by atoms with Crippen LogP contribution in [-0.4, -0.2) is 18.5 Å². The van der Waals surface area contributed by atoms with Gasteiger partial charge in [-0.05, 0) is 74.6 Å². The van der Waals surface area contributed by atoms with Gasteiger partial charge in [0.15, 0.2) is 0 Å². The van der Waals surface area contributed by atoms with E-state index in [2.05, 4.69) is 147 Å². The first-order chi connectivity index (χ1) is 20.2. The van der Waals surface area contributed by atoms with Gasteiger partial charge in [-0.2, -0.15) is 0 Å². The minimum absolute atomic E-state index is 0.192. The van der Waals surface area contributed by atoms with Crippen LogP contribution in [0, 0.1) is 5.92 Å². The first kappa shape index (κ1) is 25.7. The molecule has 0 unspecified atom stereocenters. The second-order valence-corrected chi connectivity index (χ2v) is 13.2. The van der Waals surface area contributed by atoms with Crippen LogP contribution in [0.25, 0.3) is 32.7 Å². The van der Waals surface area contributed by atoms with Crippen molar-refractivity contribution in [3.63, 3.8) is 0 Å². The van der Waals surface area contributed by atoms with Gasteiger partial charge in [-0.15, -0.1) is 0 Å². The first-order valence-electron chi connectivity index (χ1n) is 14.3. The summed E-state index contributed by atoms with van der Waals surface area (Å²) in [7, 11) is -0.816. The van der Waals surface area contributed by atoms with Crippen molar-refractivity contribution in [2.24, 2.45) is 10.9 Å². The number of hydrogen-bond acceptors (Lipinski definition) is 2. The van der Waals surface area contributed by atoms with Crippen LogP contribution in [-0.2, 0) is 4.74 Å². The number of hydrogen-bond donors (Lipinski definition) is 0. The molecule has 1 aliphatic heterocycles. The van der Waals surface area contributed by atoms with E-state index in [-0.39, 0.29) is 6.04 Å². The van der Waals surface area contributed by atoms with Gasteiger partial charge in [-0.3, -0.25) is 0 Å². The Hall–Kier alpha value is -4.26. The van der Waals surface area contributed by atoms with Gasteiger partial charge < -0.3 is 4.74 Å². The zero-order valence-electron chi connectivity index (χ0n) is 23.4. The minimum atomic E-state index is -0.816. The van der Waals surface area contributed by atoms with Gasteiger partial charge >= 0.3 is 0 Å². The summed E-state index contributed by atoms with van der Waals surface area (Å²) >= 11 is 0. The number of nitrogens with zero attached hydrogens (tertiary/aromatic N) is 1. The molecule has 1 atom stereocenters. The van der Waals surface area contributed by atoms with Crippen molar-refractivity contribution in [3.05, 3.63) is 139 Å². The average molecular weight is 550 g/mol. The quantitative estimate of drug-likeness (QED) is 0.192. The van der Waals surface area contributed by atoms with E-state index in [9.17, 15) is 0 Å². The largest absolute Gasteiger partial charge is 0.475 e. The van der Waals surface area contributed by atoms with Crippen molar-refractivity contribution in [3.8, 4) is 11.1 Å². The van der Waals surface area contributed by atoms with Gasteiger partial charge in [0.25, 0.3) is 0 Å². The van der Waals surface area contributed by atoms with Crippen LogP contribution in [0.3, 0.4) is 0 Å². The van der Waals surface area contributed by atoms with E-state index in [0.717, 1.165) is 11.5 Å². The second-order valence-electron chi connectivity index (χ2n) is 11.0. The van der Waals surface area contributed by atoms with Crippen molar-refractivity contribution < 1.29 is 4.74 Å². The highest BCUT2D eigenvalue weighted by molar-refractivity contribution is 7.80. The summed E-state index contributed by atoms with van der Waals surface area (Å²) in [6.07, 6.45) is 0. The van der Waals surface area contributed by atoms with Crippen molar-refractivity contribution in [2.75, 3.05) is 6.61 Å². The van der Waals surface area contributed by atoms with Crippen LogP contribution in [0.2, 0.25) is 0 Å². The zero-order valence-corrected chi connectivity index (χ0v) is 24.3. The maximum Gasteiger partial charge on any atom is 0.216 e. The summed E-state index contributed by atoms with van der Waals surface area (Å²) in [5.41, 5.74) is 3.56. The molecule has 3 heteroatoms. The fourth-order valence-electron chi connectivity index (χ4n) is 5.84. The van der Waals surface area contributed by atoms with Gasteiger partial charge in [0.05, 0.1) is 6.04 Å². The lowest BCUT2D eigenvalue weighted by Gasteiger charge is -2.25. The SMILES string of the molecule is CC(C)[C@H]1COC(c2cc(-c3c(P(c4ccccc4)c4ccccc4)ccc4ccccc34)c3ccccc3c2)=N1. The van der Waals surface area contributed by atoms with Gasteiger partial charge in [0.1, 0.15) is 6.61 Å². The predicted octanol–water partition coefficient (Wildman–Crippen LogP) is 8.22. The number of aliphatic imine (C=N–C) groups is 1. The molecule has 0 aliphatic carbocycles. The fourth-order valence-corrected chi connectivity index (χ4v) is 8.32. The standard InChI is InChI=1S/C38H32NOP/c1-26(2)35-25-40-38(39-35)29-23-28-14-10-11-19-32(28)34(24-29)37-33-20-12-9-13-27(33)21-22-36(37)41(30-15-5-3-6-16-30)31-17-7-4-8-18-31/h3-24,26,35H,25H2,1-2H3/t35-/m1/s1. The van der Waals surface area contributed by atoms with Crippen LogP contribution < -0.4 is 15.9 Å². The van der Waals surface area contributed by atoms with Crippen molar-refractivity contribution in [1.29, 1.82) is 0 Å². The Labute approximate surface area is 243 Å². The molecule has 0 radical (unpaired) electrons. The highest BCUT2D eigenvalue weighted by atomic mass is 31.1. The molecule has 1 heterocycles. The summed E-state index contributed by atoms with van der Waals surface area (Å²) in [4.78, 5) is 5.01. The Morgan fingerprint density at radius 1 is 0.659 bits per heavy atom. The molecule has 0 aromatic heterocycles. The van der Waals surface area contributed by atoms with Gasteiger partial charge in [-0.25, -0.2) is 4.99 Å². The molecular weight excluding hydrogens is 517 g/mol. The Kier molecular flexibility index (Phi) is 6.87. The highest BCUT2D eigenvalue weighted by Gasteiger charge is 2.26. The normalized spacial score (nSPS) is 15.0.